The van der Waals surface area contributed by atoms with Crippen molar-refractivity contribution in [1.29, 1.82) is 5.26 Å². The molecule has 1 rings (SSSR count). The second kappa shape index (κ2) is 5.75. The van der Waals surface area contributed by atoms with Gasteiger partial charge in [-0.1, -0.05) is 0 Å². The highest BCUT2D eigenvalue weighted by Crippen LogP contribution is 2.23. The summed E-state index contributed by atoms with van der Waals surface area (Å²) in [6.07, 6.45) is 0.225. The standard InChI is InChI=1S/C12H14N2O3/c1-8(5-6-13)14-12(16)10-4-3-9(17-2)7-11(10)15/h3-4,7-8,15H,5H2,1-2H3,(H,14,16). The average molecular weight is 234 g/mol. The molecule has 17 heavy (non-hydrogen) atoms. The van der Waals surface area contributed by atoms with Gasteiger partial charge in [0.2, 0.25) is 0 Å². The van der Waals surface area contributed by atoms with E-state index in [4.69, 9.17) is 10.00 Å². The van der Waals surface area contributed by atoms with Crippen molar-refractivity contribution < 1.29 is 14.6 Å². The normalized spacial score (nSPS) is 11.4. The Balaban J connectivity index is 2.79. The number of aromatic hydroxyl groups is 1. The fourth-order valence-electron chi connectivity index (χ4n) is 1.32. The minimum atomic E-state index is -0.409. The Morgan fingerprint density at radius 2 is 2.35 bits per heavy atom. The maximum Gasteiger partial charge on any atom is 0.255 e. The highest BCUT2D eigenvalue weighted by Gasteiger charge is 2.14. The summed E-state index contributed by atoms with van der Waals surface area (Å²) in [5, 5.41) is 20.7. The average Bonchev–Trinajstić information content (AvgIpc) is 2.28. The number of nitriles is 1. The molecule has 0 radical (unpaired) electrons. The number of nitrogens with one attached hydrogen (secondary N) is 1. The summed E-state index contributed by atoms with van der Waals surface area (Å²) in [7, 11) is 1.48. The van der Waals surface area contributed by atoms with E-state index in [0.29, 0.717) is 5.75 Å². The van der Waals surface area contributed by atoms with Crippen LogP contribution in [0.5, 0.6) is 11.5 Å². The summed E-state index contributed by atoms with van der Waals surface area (Å²) in [6.45, 7) is 1.72. The van der Waals surface area contributed by atoms with Crippen LogP contribution >= 0.6 is 0 Å². The van der Waals surface area contributed by atoms with E-state index >= 15 is 0 Å². The van der Waals surface area contributed by atoms with E-state index in [-0.39, 0.29) is 23.8 Å². The number of amides is 1. The van der Waals surface area contributed by atoms with Crippen LogP contribution < -0.4 is 10.1 Å². The Labute approximate surface area is 99.6 Å². The maximum atomic E-state index is 11.7. The van der Waals surface area contributed by atoms with Crippen molar-refractivity contribution in [3.63, 3.8) is 0 Å². The zero-order valence-corrected chi connectivity index (χ0v) is 9.73. The van der Waals surface area contributed by atoms with Gasteiger partial charge in [0, 0.05) is 12.1 Å². The zero-order valence-electron chi connectivity index (χ0n) is 9.73. The van der Waals surface area contributed by atoms with E-state index in [1.54, 1.807) is 13.0 Å². The summed E-state index contributed by atoms with van der Waals surface area (Å²) in [6, 6.07) is 6.13. The first-order valence-electron chi connectivity index (χ1n) is 5.13. The van der Waals surface area contributed by atoms with E-state index in [1.807, 2.05) is 6.07 Å². The van der Waals surface area contributed by atoms with Crippen molar-refractivity contribution in [2.24, 2.45) is 0 Å². The van der Waals surface area contributed by atoms with Gasteiger partial charge in [-0.15, -0.1) is 0 Å². The second-order valence-electron chi connectivity index (χ2n) is 3.62. The molecule has 1 aromatic carbocycles. The number of carbonyl (C=O) groups excluding carboxylic acids is 1. The van der Waals surface area contributed by atoms with Gasteiger partial charge in [0.05, 0.1) is 25.2 Å². The molecule has 0 aliphatic heterocycles. The fourth-order valence-corrected chi connectivity index (χ4v) is 1.32. The molecule has 0 saturated carbocycles. The minimum absolute atomic E-state index is 0.147. The lowest BCUT2D eigenvalue weighted by Crippen LogP contribution is -2.32. The number of hydrogen-bond acceptors (Lipinski definition) is 4. The summed E-state index contributed by atoms with van der Waals surface area (Å²) in [5.74, 6) is -0.0805. The number of phenols is 1. The smallest absolute Gasteiger partial charge is 0.255 e. The van der Waals surface area contributed by atoms with Crippen molar-refractivity contribution in [2.75, 3.05) is 7.11 Å². The van der Waals surface area contributed by atoms with Crippen LogP contribution in [0.15, 0.2) is 18.2 Å². The lowest BCUT2D eigenvalue weighted by atomic mass is 10.1. The largest absolute Gasteiger partial charge is 0.507 e. The molecule has 0 fully saturated rings. The number of phenolic OH excluding ortho intramolecular Hbond substituents is 1. The molecule has 0 aliphatic carbocycles. The van der Waals surface area contributed by atoms with Crippen molar-refractivity contribution >= 4 is 5.91 Å². The molecule has 1 aromatic rings. The van der Waals surface area contributed by atoms with E-state index in [1.165, 1.54) is 19.2 Å². The van der Waals surface area contributed by atoms with Crippen molar-refractivity contribution in [2.45, 2.75) is 19.4 Å². The molecule has 0 bridgehead atoms. The summed E-state index contributed by atoms with van der Waals surface area (Å²) >= 11 is 0. The van der Waals surface area contributed by atoms with E-state index in [0.717, 1.165) is 0 Å². The van der Waals surface area contributed by atoms with Crippen LogP contribution in [-0.2, 0) is 0 Å². The molecular weight excluding hydrogens is 220 g/mol. The third-order valence-corrected chi connectivity index (χ3v) is 2.22. The summed E-state index contributed by atoms with van der Waals surface area (Å²) in [4.78, 5) is 11.7. The lowest BCUT2D eigenvalue weighted by molar-refractivity contribution is 0.0938. The van der Waals surface area contributed by atoms with Crippen molar-refractivity contribution in [1.82, 2.24) is 5.32 Å². The number of rotatable bonds is 4. The van der Waals surface area contributed by atoms with Gasteiger partial charge in [-0.2, -0.15) is 5.26 Å². The van der Waals surface area contributed by atoms with E-state index in [2.05, 4.69) is 5.32 Å². The van der Waals surface area contributed by atoms with Crippen molar-refractivity contribution in [3.05, 3.63) is 23.8 Å². The van der Waals surface area contributed by atoms with Gasteiger partial charge in [-0.3, -0.25) is 4.79 Å². The molecular formula is C12H14N2O3. The van der Waals surface area contributed by atoms with Crippen molar-refractivity contribution in [3.8, 4) is 17.6 Å². The molecule has 0 saturated heterocycles. The number of ether oxygens (including phenoxy) is 1. The Morgan fingerprint density at radius 1 is 1.65 bits per heavy atom. The SMILES string of the molecule is COc1ccc(C(=O)NC(C)CC#N)c(O)c1. The van der Waals surface area contributed by atoms with Crippen LogP contribution in [0.25, 0.3) is 0 Å². The Bertz CT molecular complexity index is 452. The molecule has 1 atom stereocenters. The molecule has 1 amide bonds. The van der Waals surface area contributed by atoms with E-state index < -0.39 is 5.91 Å². The monoisotopic (exact) mass is 234 g/mol. The number of benzene rings is 1. The molecule has 0 heterocycles. The Hall–Kier alpha value is -2.22. The zero-order chi connectivity index (χ0) is 12.8. The molecule has 2 N–H and O–H groups in total. The Morgan fingerprint density at radius 3 is 2.88 bits per heavy atom. The minimum Gasteiger partial charge on any atom is -0.507 e. The van der Waals surface area contributed by atoms with Gasteiger partial charge < -0.3 is 15.2 Å². The van der Waals surface area contributed by atoms with E-state index in [9.17, 15) is 9.90 Å². The van der Waals surface area contributed by atoms with Gasteiger partial charge in [0.15, 0.2) is 0 Å². The molecule has 5 nitrogen and oxygen atoms in total. The predicted molar refractivity (Wildman–Crippen MR) is 61.8 cm³/mol. The molecule has 1 unspecified atom stereocenters. The van der Waals surface area contributed by atoms with Crippen LogP contribution in [0.2, 0.25) is 0 Å². The van der Waals surface area contributed by atoms with Crippen LogP contribution in [0.4, 0.5) is 0 Å². The fraction of sp³-hybridized carbons (Fsp3) is 0.333. The number of hydrogen-bond donors (Lipinski definition) is 2. The first kappa shape index (κ1) is 12.8. The Kier molecular flexibility index (Phi) is 4.35. The summed E-state index contributed by atoms with van der Waals surface area (Å²) < 4.78 is 4.91. The van der Waals surface area contributed by atoms with Crippen LogP contribution in [0, 0.1) is 11.3 Å². The second-order valence-corrected chi connectivity index (χ2v) is 3.62. The topological polar surface area (TPSA) is 82.3 Å². The molecule has 0 aliphatic rings. The third kappa shape index (κ3) is 3.38. The quantitative estimate of drug-likeness (QED) is 0.825. The molecule has 90 valence electrons. The number of carbonyl (C=O) groups is 1. The predicted octanol–water partition coefficient (Wildman–Crippen LogP) is 1.43. The van der Waals surface area contributed by atoms with Gasteiger partial charge in [0.25, 0.3) is 5.91 Å². The van der Waals surface area contributed by atoms with Gasteiger partial charge >= 0.3 is 0 Å². The highest BCUT2D eigenvalue weighted by molar-refractivity contribution is 5.97. The number of nitrogens with zero attached hydrogens (tertiary/aromatic N) is 1. The lowest BCUT2D eigenvalue weighted by Gasteiger charge is -2.11. The van der Waals surface area contributed by atoms with Crippen LogP contribution in [-0.4, -0.2) is 24.2 Å². The molecule has 5 heteroatoms. The summed E-state index contributed by atoms with van der Waals surface area (Å²) in [5.41, 5.74) is 0.163. The molecule has 0 aromatic heterocycles. The van der Waals surface area contributed by atoms with Gasteiger partial charge in [-0.25, -0.2) is 0 Å². The van der Waals surface area contributed by atoms with Gasteiger partial charge in [-0.05, 0) is 19.1 Å². The molecule has 0 spiro atoms. The highest BCUT2D eigenvalue weighted by atomic mass is 16.5. The van der Waals surface area contributed by atoms with Gasteiger partial charge in [0.1, 0.15) is 11.5 Å². The maximum absolute atomic E-state index is 11.7. The number of methoxy groups -OCH3 is 1. The van der Waals surface area contributed by atoms with Crippen LogP contribution in [0.3, 0.4) is 0 Å². The first-order valence-corrected chi connectivity index (χ1v) is 5.13. The first-order chi connectivity index (χ1) is 8.08. The van der Waals surface area contributed by atoms with Crippen LogP contribution in [0.1, 0.15) is 23.7 Å². The third-order valence-electron chi connectivity index (χ3n) is 2.22.